The van der Waals surface area contributed by atoms with Crippen molar-refractivity contribution in [2.75, 3.05) is 14.1 Å². The van der Waals surface area contributed by atoms with Crippen LogP contribution in [0, 0.1) is 11.6 Å². The fraction of sp³-hybridized carbons (Fsp3) is 0.273. The van der Waals surface area contributed by atoms with Crippen LogP contribution in [0.25, 0.3) is 10.9 Å². The summed E-state index contributed by atoms with van der Waals surface area (Å²) in [6.07, 6.45) is 2.12. The molecule has 2 heterocycles. The predicted octanol–water partition coefficient (Wildman–Crippen LogP) is 2.90. The topological polar surface area (TPSA) is 56.4 Å². The lowest BCUT2D eigenvalue weighted by Gasteiger charge is -2.42. The summed E-state index contributed by atoms with van der Waals surface area (Å²) in [5.74, 6) is -1.22. The second-order valence-corrected chi connectivity index (χ2v) is 7.43. The Kier molecular flexibility index (Phi) is 4.82. The molecule has 0 spiro atoms. The molecule has 1 fully saturated rings. The molecular formula is C22H21F2N3O2. The van der Waals surface area contributed by atoms with Gasteiger partial charge in [0, 0.05) is 44.0 Å². The number of fused-ring (bicyclic) bond motifs is 1. The molecule has 2 amide bonds. The number of carbonyl (C=O) groups is 2. The summed E-state index contributed by atoms with van der Waals surface area (Å²) >= 11 is 0. The number of amides is 2. The summed E-state index contributed by atoms with van der Waals surface area (Å²) in [5, 5.41) is 0.690. The Labute approximate surface area is 166 Å². The van der Waals surface area contributed by atoms with E-state index in [1.165, 1.54) is 28.0 Å². The zero-order valence-electron chi connectivity index (χ0n) is 16.2. The normalized spacial score (nSPS) is 20.0. The van der Waals surface area contributed by atoms with Gasteiger partial charge >= 0.3 is 0 Å². The van der Waals surface area contributed by atoms with Gasteiger partial charge in [0.25, 0.3) is 0 Å². The van der Waals surface area contributed by atoms with E-state index >= 15 is 0 Å². The minimum atomic E-state index is -0.763. The lowest BCUT2D eigenvalue weighted by atomic mass is 9.95. The Morgan fingerprint density at radius 2 is 1.52 bits per heavy atom. The number of piperazine rings is 1. The van der Waals surface area contributed by atoms with E-state index in [-0.39, 0.29) is 30.5 Å². The fourth-order valence-corrected chi connectivity index (χ4v) is 3.96. The summed E-state index contributed by atoms with van der Waals surface area (Å²) in [6.45, 7) is 0. The standard InChI is InChI=1S/C22H21F2N3O2/c1-26-19(9-13-5-3-4-6-17(13)24)21(28)27(2)20(22(26)29)10-14-12-25-18-8-7-15(23)11-16(14)18/h3-8,11-12,19-20,25H,9-10H2,1-2H3/t19-,20-/m0/s1. The van der Waals surface area contributed by atoms with Crippen LogP contribution >= 0.6 is 0 Å². The molecule has 0 unspecified atom stereocenters. The first-order valence-electron chi connectivity index (χ1n) is 9.39. The lowest BCUT2D eigenvalue weighted by Crippen LogP contribution is -2.63. The fourth-order valence-electron chi connectivity index (χ4n) is 3.96. The molecule has 7 heteroatoms. The average Bonchev–Trinajstić information content (AvgIpc) is 3.10. The smallest absolute Gasteiger partial charge is 0.246 e. The number of halogens is 2. The summed E-state index contributed by atoms with van der Waals surface area (Å²) in [6, 6.07) is 9.21. The highest BCUT2D eigenvalue weighted by Gasteiger charge is 2.42. The number of likely N-dealkylation sites (N-methyl/N-ethyl adjacent to an activating group) is 2. The minimum Gasteiger partial charge on any atom is -0.361 e. The van der Waals surface area contributed by atoms with Gasteiger partial charge in [0.2, 0.25) is 11.8 Å². The molecular weight excluding hydrogens is 376 g/mol. The summed E-state index contributed by atoms with van der Waals surface area (Å²) < 4.78 is 27.7. The number of hydrogen-bond acceptors (Lipinski definition) is 2. The van der Waals surface area contributed by atoms with E-state index in [1.54, 1.807) is 44.6 Å². The number of benzene rings is 2. The maximum Gasteiger partial charge on any atom is 0.246 e. The molecule has 2 aromatic carbocycles. The molecule has 3 aromatic rings. The van der Waals surface area contributed by atoms with Crippen molar-refractivity contribution in [3.63, 3.8) is 0 Å². The van der Waals surface area contributed by atoms with Crippen LogP contribution in [0.4, 0.5) is 8.78 Å². The number of H-pyrrole nitrogens is 1. The van der Waals surface area contributed by atoms with E-state index in [0.29, 0.717) is 10.9 Å². The van der Waals surface area contributed by atoms with Crippen LogP contribution < -0.4 is 0 Å². The van der Waals surface area contributed by atoms with Crippen molar-refractivity contribution in [1.82, 2.24) is 14.8 Å². The Bertz CT molecular complexity index is 1090. The van der Waals surface area contributed by atoms with Gasteiger partial charge in [-0.2, -0.15) is 0 Å². The molecule has 1 saturated heterocycles. The van der Waals surface area contributed by atoms with E-state index in [1.807, 2.05) is 0 Å². The van der Waals surface area contributed by atoms with E-state index in [4.69, 9.17) is 0 Å². The van der Waals surface area contributed by atoms with Crippen LogP contribution in [0.1, 0.15) is 11.1 Å². The number of nitrogens with one attached hydrogen (secondary N) is 1. The average molecular weight is 397 g/mol. The van der Waals surface area contributed by atoms with E-state index in [2.05, 4.69) is 4.98 Å². The first-order chi connectivity index (χ1) is 13.9. The highest BCUT2D eigenvalue weighted by molar-refractivity contribution is 5.97. The Morgan fingerprint density at radius 3 is 2.17 bits per heavy atom. The Balaban J connectivity index is 1.59. The largest absolute Gasteiger partial charge is 0.361 e. The molecule has 0 radical (unpaired) electrons. The predicted molar refractivity (Wildman–Crippen MR) is 105 cm³/mol. The number of rotatable bonds is 4. The molecule has 0 aliphatic carbocycles. The quantitative estimate of drug-likeness (QED) is 0.736. The van der Waals surface area contributed by atoms with Gasteiger partial charge in [-0.1, -0.05) is 18.2 Å². The number of hydrogen-bond donors (Lipinski definition) is 1. The second-order valence-electron chi connectivity index (χ2n) is 7.43. The van der Waals surface area contributed by atoms with Gasteiger partial charge < -0.3 is 14.8 Å². The number of aromatic amines is 1. The van der Waals surface area contributed by atoms with Crippen LogP contribution in [-0.2, 0) is 22.4 Å². The van der Waals surface area contributed by atoms with Crippen molar-refractivity contribution >= 4 is 22.7 Å². The van der Waals surface area contributed by atoms with Gasteiger partial charge in [-0.05, 0) is 35.4 Å². The first-order valence-corrected chi connectivity index (χ1v) is 9.39. The molecule has 1 N–H and O–H groups in total. The van der Waals surface area contributed by atoms with E-state index < -0.39 is 17.9 Å². The molecule has 1 aliphatic rings. The second kappa shape index (κ2) is 7.31. The van der Waals surface area contributed by atoms with Crippen LogP contribution in [-0.4, -0.2) is 52.8 Å². The maximum atomic E-state index is 14.0. The van der Waals surface area contributed by atoms with Gasteiger partial charge in [-0.15, -0.1) is 0 Å². The van der Waals surface area contributed by atoms with Crippen LogP contribution in [0.15, 0.2) is 48.7 Å². The van der Waals surface area contributed by atoms with Crippen LogP contribution in [0.5, 0.6) is 0 Å². The van der Waals surface area contributed by atoms with Crippen molar-refractivity contribution in [3.05, 3.63) is 71.4 Å². The monoisotopic (exact) mass is 397 g/mol. The van der Waals surface area contributed by atoms with Gasteiger partial charge in [0.05, 0.1) is 0 Å². The molecule has 1 aromatic heterocycles. The molecule has 5 nitrogen and oxygen atoms in total. The number of carbonyl (C=O) groups excluding carboxylic acids is 2. The molecule has 1 aliphatic heterocycles. The third kappa shape index (κ3) is 3.37. The van der Waals surface area contributed by atoms with E-state index in [0.717, 1.165) is 11.1 Å². The molecule has 29 heavy (non-hydrogen) atoms. The highest BCUT2D eigenvalue weighted by atomic mass is 19.1. The van der Waals surface area contributed by atoms with Gasteiger partial charge in [0.15, 0.2) is 0 Å². The van der Waals surface area contributed by atoms with Crippen LogP contribution in [0.3, 0.4) is 0 Å². The molecule has 4 rings (SSSR count). The first kappa shape index (κ1) is 19.1. The summed E-state index contributed by atoms with van der Waals surface area (Å²) in [4.78, 5) is 31.9. The molecule has 0 bridgehead atoms. The SMILES string of the molecule is CN1C(=O)[C@H](Cc2c[nH]c3ccc(F)cc23)N(C)C(=O)[C@@H]1Cc1ccccc1F. The number of aromatic nitrogens is 1. The van der Waals surface area contributed by atoms with Gasteiger partial charge in [-0.3, -0.25) is 9.59 Å². The Morgan fingerprint density at radius 1 is 0.897 bits per heavy atom. The highest BCUT2D eigenvalue weighted by Crippen LogP contribution is 2.26. The van der Waals surface area contributed by atoms with Crippen molar-refractivity contribution in [2.24, 2.45) is 0 Å². The van der Waals surface area contributed by atoms with Crippen molar-refractivity contribution in [3.8, 4) is 0 Å². The van der Waals surface area contributed by atoms with Crippen molar-refractivity contribution in [1.29, 1.82) is 0 Å². The Hall–Kier alpha value is -3.22. The number of nitrogens with zero attached hydrogens (tertiary/aromatic N) is 2. The van der Waals surface area contributed by atoms with Crippen molar-refractivity contribution < 1.29 is 18.4 Å². The molecule has 0 saturated carbocycles. The zero-order chi connectivity index (χ0) is 20.7. The summed E-state index contributed by atoms with van der Waals surface area (Å²) in [7, 11) is 3.16. The van der Waals surface area contributed by atoms with Crippen molar-refractivity contribution in [2.45, 2.75) is 24.9 Å². The van der Waals surface area contributed by atoms with E-state index in [9.17, 15) is 18.4 Å². The van der Waals surface area contributed by atoms with Gasteiger partial charge in [0.1, 0.15) is 23.7 Å². The maximum absolute atomic E-state index is 14.0. The van der Waals surface area contributed by atoms with Gasteiger partial charge in [-0.25, -0.2) is 8.78 Å². The lowest BCUT2D eigenvalue weighted by molar-refractivity contribution is -0.158. The third-order valence-corrected chi connectivity index (χ3v) is 5.71. The minimum absolute atomic E-state index is 0.114. The molecule has 2 atom stereocenters. The zero-order valence-corrected chi connectivity index (χ0v) is 16.2. The molecule has 150 valence electrons. The summed E-state index contributed by atoms with van der Waals surface area (Å²) in [5.41, 5.74) is 1.92. The van der Waals surface area contributed by atoms with Crippen LogP contribution in [0.2, 0.25) is 0 Å². The third-order valence-electron chi connectivity index (χ3n) is 5.71.